The molecule has 112 valence electrons. The third-order valence-electron chi connectivity index (χ3n) is 3.70. The van der Waals surface area contributed by atoms with Gasteiger partial charge in [-0.1, -0.05) is 58.1 Å². The lowest BCUT2D eigenvalue weighted by molar-refractivity contribution is 0.238. The minimum atomic E-state index is 0.783. The molecule has 0 radical (unpaired) electrons. The first-order valence-corrected chi connectivity index (χ1v) is 8.22. The van der Waals surface area contributed by atoms with Crippen LogP contribution in [0.15, 0.2) is 25.3 Å². The summed E-state index contributed by atoms with van der Waals surface area (Å²) in [4.78, 5) is 2.57. The molecule has 0 saturated heterocycles. The van der Waals surface area contributed by atoms with E-state index in [1.54, 1.807) is 0 Å². The molecule has 0 fully saturated rings. The SMILES string of the molecule is C=CCC(CCCCC)CN(CC=C)CCCCC. The maximum Gasteiger partial charge on any atom is 0.0160 e. The molecule has 0 amide bonds. The Balaban J connectivity index is 4.12. The van der Waals surface area contributed by atoms with Crippen molar-refractivity contribution in [2.45, 2.75) is 65.2 Å². The van der Waals surface area contributed by atoms with Gasteiger partial charge in [0.15, 0.2) is 0 Å². The van der Waals surface area contributed by atoms with Crippen molar-refractivity contribution in [2.75, 3.05) is 19.6 Å². The molecule has 0 aliphatic rings. The van der Waals surface area contributed by atoms with E-state index in [4.69, 9.17) is 0 Å². The summed E-state index contributed by atoms with van der Waals surface area (Å²) in [5.74, 6) is 0.783. The number of nitrogens with zero attached hydrogens (tertiary/aromatic N) is 1. The molecule has 0 bridgehead atoms. The van der Waals surface area contributed by atoms with E-state index in [0.29, 0.717) is 0 Å². The van der Waals surface area contributed by atoms with E-state index in [-0.39, 0.29) is 0 Å². The molecule has 0 aliphatic heterocycles. The summed E-state index contributed by atoms with van der Waals surface area (Å²) in [7, 11) is 0. The molecule has 0 rings (SSSR count). The molecule has 1 heteroatoms. The topological polar surface area (TPSA) is 3.24 Å². The molecule has 0 aromatic carbocycles. The quantitative estimate of drug-likeness (QED) is 0.299. The molecule has 1 nitrogen and oxygen atoms in total. The zero-order valence-corrected chi connectivity index (χ0v) is 13.4. The van der Waals surface area contributed by atoms with Crippen molar-refractivity contribution in [3.05, 3.63) is 25.3 Å². The van der Waals surface area contributed by atoms with Crippen molar-refractivity contribution in [3.8, 4) is 0 Å². The number of hydrogen-bond donors (Lipinski definition) is 0. The van der Waals surface area contributed by atoms with Gasteiger partial charge < -0.3 is 0 Å². The van der Waals surface area contributed by atoms with E-state index in [2.05, 4.69) is 38.0 Å². The highest BCUT2D eigenvalue weighted by atomic mass is 15.1. The van der Waals surface area contributed by atoms with Crippen LogP contribution < -0.4 is 0 Å². The fourth-order valence-electron chi connectivity index (χ4n) is 2.59. The molecule has 0 aliphatic carbocycles. The second kappa shape index (κ2) is 13.9. The number of unbranched alkanes of at least 4 members (excludes halogenated alkanes) is 4. The van der Waals surface area contributed by atoms with Gasteiger partial charge in [-0.2, -0.15) is 0 Å². The molecule has 0 N–H and O–H groups in total. The standard InChI is InChI=1S/C18H35N/c1-5-9-11-14-18(13-7-3)17-19(15-8-4)16-12-10-6-2/h7-8,18H,3-6,9-17H2,1-2H3. The molecule has 0 saturated carbocycles. The summed E-state index contributed by atoms with van der Waals surface area (Å²) >= 11 is 0. The van der Waals surface area contributed by atoms with Crippen LogP contribution in [0.2, 0.25) is 0 Å². The van der Waals surface area contributed by atoms with Crippen molar-refractivity contribution in [3.63, 3.8) is 0 Å². The number of allylic oxidation sites excluding steroid dienone is 1. The van der Waals surface area contributed by atoms with Gasteiger partial charge >= 0.3 is 0 Å². The Morgan fingerprint density at radius 2 is 1.63 bits per heavy atom. The molecule has 19 heavy (non-hydrogen) atoms. The highest BCUT2D eigenvalue weighted by Crippen LogP contribution is 2.16. The maximum atomic E-state index is 3.92. The van der Waals surface area contributed by atoms with Gasteiger partial charge in [-0.25, -0.2) is 0 Å². The Morgan fingerprint density at radius 1 is 0.947 bits per heavy atom. The first-order valence-electron chi connectivity index (χ1n) is 8.22. The molecule has 0 heterocycles. The normalized spacial score (nSPS) is 12.6. The Kier molecular flexibility index (Phi) is 13.5. The van der Waals surface area contributed by atoms with Gasteiger partial charge in [0.1, 0.15) is 0 Å². The Hall–Kier alpha value is -0.560. The Bertz CT molecular complexity index is 188. The van der Waals surface area contributed by atoms with Gasteiger partial charge in [0.2, 0.25) is 0 Å². The van der Waals surface area contributed by atoms with Crippen LogP contribution in [-0.4, -0.2) is 24.5 Å². The van der Waals surface area contributed by atoms with Gasteiger partial charge in [-0.3, -0.25) is 4.90 Å². The third-order valence-corrected chi connectivity index (χ3v) is 3.70. The lowest BCUT2D eigenvalue weighted by atomic mass is 9.97. The smallest absolute Gasteiger partial charge is 0.0160 e. The molecule has 1 atom stereocenters. The third kappa shape index (κ3) is 11.0. The van der Waals surface area contributed by atoms with Crippen LogP contribution in [0.3, 0.4) is 0 Å². The summed E-state index contributed by atoms with van der Waals surface area (Å²) < 4.78 is 0. The first-order chi connectivity index (χ1) is 9.28. The number of rotatable bonds is 14. The van der Waals surface area contributed by atoms with Crippen LogP contribution in [0.1, 0.15) is 65.2 Å². The van der Waals surface area contributed by atoms with Crippen molar-refractivity contribution in [2.24, 2.45) is 5.92 Å². The monoisotopic (exact) mass is 265 g/mol. The average Bonchev–Trinajstić information content (AvgIpc) is 2.39. The summed E-state index contributed by atoms with van der Waals surface area (Å²) in [6.07, 6.45) is 14.7. The summed E-state index contributed by atoms with van der Waals surface area (Å²) in [6, 6.07) is 0. The zero-order valence-electron chi connectivity index (χ0n) is 13.4. The van der Waals surface area contributed by atoms with Crippen molar-refractivity contribution in [1.82, 2.24) is 4.90 Å². The average molecular weight is 265 g/mol. The molecule has 0 aromatic rings. The van der Waals surface area contributed by atoms with Gasteiger partial charge in [-0.15, -0.1) is 13.2 Å². The van der Waals surface area contributed by atoms with E-state index in [9.17, 15) is 0 Å². The highest BCUT2D eigenvalue weighted by Gasteiger charge is 2.12. The molecular weight excluding hydrogens is 230 g/mol. The van der Waals surface area contributed by atoms with Crippen LogP contribution in [0.4, 0.5) is 0 Å². The van der Waals surface area contributed by atoms with Crippen LogP contribution in [0, 0.1) is 5.92 Å². The van der Waals surface area contributed by atoms with Crippen LogP contribution in [0.5, 0.6) is 0 Å². The Morgan fingerprint density at radius 3 is 2.21 bits per heavy atom. The van der Waals surface area contributed by atoms with Crippen molar-refractivity contribution >= 4 is 0 Å². The second-order valence-corrected chi connectivity index (χ2v) is 5.64. The second-order valence-electron chi connectivity index (χ2n) is 5.64. The van der Waals surface area contributed by atoms with E-state index in [0.717, 1.165) is 18.9 Å². The zero-order chi connectivity index (χ0) is 14.3. The van der Waals surface area contributed by atoms with Crippen LogP contribution in [0.25, 0.3) is 0 Å². The summed E-state index contributed by atoms with van der Waals surface area (Å²) in [5.41, 5.74) is 0. The van der Waals surface area contributed by atoms with E-state index in [1.165, 1.54) is 58.0 Å². The fourth-order valence-corrected chi connectivity index (χ4v) is 2.59. The lowest BCUT2D eigenvalue weighted by Gasteiger charge is -2.26. The minimum Gasteiger partial charge on any atom is -0.299 e. The predicted octanol–water partition coefficient (Wildman–Crippen LogP) is 5.44. The largest absolute Gasteiger partial charge is 0.299 e. The van der Waals surface area contributed by atoms with E-state index in [1.807, 2.05) is 6.08 Å². The van der Waals surface area contributed by atoms with Crippen molar-refractivity contribution in [1.29, 1.82) is 0 Å². The fraction of sp³-hybridized carbons (Fsp3) is 0.778. The predicted molar refractivity (Wildman–Crippen MR) is 88.6 cm³/mol. The summed E-state index contributed by atoms with van der Waals surface area (Å²) in [5, 5.41) is 0. The summed E-state index contributed by atoms with van der Waals surface area (Å²) in [6.45, 7) is 15.8. The molecule has 0 spiro atoms. The minimum absolute atomic E-state index is 0.783. The maximum absolute atomic E-state index is 3.92. The number of hydrogen-bond acceptors (Lipinski definition) is 1. The highest BCUT2D eigenvalue weighted by molar-refractivity contribution is 4.79. The first kappa shape index (κ1) is 18.4. The van der Waals surface area contributed by atoms with E-state index >= 15 is 0 Å². The molecule has 0 aromatic heterocycles. The van der Waals surface area contributed by atoms with Crippen LogP contribution in [-0.2, 0) is 0 Å². The van der Waals surface area contributed by atoms with Gasteiger partial charge in [-0.05, 0) is 31.7 Å². The van der Waals surface area contributed by atoms with Gasteiger partial charge in [0.05, 0.1) is 0 Å². The Labute approximate surface area is 121 Å². The molecular formula is C18H35N. The lowest BCUT2D eigenvalue weighted by Crippen LogP contribution is -2.30. The van der Waals surface area contributed by atoms with Gasteiger partial charge in [0, 0.05) is 13.1 Å². The molecule has 1 unspecified atom stereocenters. The van der Waals surface area contributed by atoms with E-state index < -0.39 is 0 Å². The van der Waals surface area contributed by atoms with Gasteiger partial charge in [0.25, 0.3) is 0 Å². The van der Waals surface area contributed by atoms with Crippen LogP contribution >= 0.6 is 0 Å². The van der Waals surface area contributed by atoms with Crippen molar-refractivity contribution < 1.29 is 0 Å².